The molecule has 19 nitrogen and oxygen atoms in total. The molecule has 12 N–H and O–H groups in total. The highest BCUT2D eigenvalue weighted by Gasteiger charge is 2.54. The van der Waals surface area contributed by atoms with E-state index in [4.69, 9.17) is 28.4 Å². The lowest BCUT2D eigenvalue weighted by atomic mass is 9.96. The third kappa shape index (κ3) is 49.2. The summed E-state index contributed by atoms with van der Waals surface area (Å²) in [6.07, 6.45) is 62.1. The van der Waals surface area contributed by atoms with Crippen molar-refractivity contribution in [2.75, 3.05) is 26.4 Å². The van der Waals surface area contributed by atoms with Crippen LogP contribution in [0.15, 0.2) is 24.3 Å². The third-order valence-electron chi connectivity index (χ3n) is 23.3. The molecule has 3 rings (SSSR count). The number of unbranched alkanes of at least 4 members (excludes halogenated alkanes) is 58. The Kier molecular flexibility index (Phi) is 65.6. The van der Waals surface area contributed by atoms with Crippen LogP contribution in [0, 0.1) is 0 Å². The van der Waals surface area contributed by atoms with Crippen molar-refractivity contribution >= 4 is 5.91 Å². The highest BCUT2D eigenvalue weighted by Crippen LogP contribution is 2.34. The van der Waals surface area contributed by atoms with Crippen LogP contribution in [0.25, 0.3) is 0 Å². The standard InChI is InChI=1S/C90H171NO18/c1-3-5-7-9-11-13-15-17-19-21-23-25-27-29-31-33-35-37-39-41-43-45-47-49-51-53-55-57-59-61-63-65-67-74(95)73(91-78(96)68-66-64-62-60-58-56-54-52-50-48-46-44-42-40-38-36-34-32-30-28-26-24-22-20-18-16-14-12-10-8-6-4-2)72-104-88-84(102)81(99)86(76(70-93)106-88)109-90-85(103)82(100)87(77(71-94)107-90)108-89-83(101)80(98)79(97)75(69-92)105-89/h57,59,65,67,73-77,79-90,92-95,97-103H,3-56,58,60-64,66,68-72H2,1-2H3,(H,91,96)/b59-57+,67-65+. The minimum absolute atomic E-state index is 0.241. The molecule has 0 aromatic heterocycles. The fourth-order valence-corrected chi connectivity index (χ4v) is 15.9. The summed E-state index contributed by atoms with van der Waals surface area (Å²) < 4.78 is 34.5. The van der Waals surface area contributed by atoms with Gasteiger partial charge in [-0.15, -0.1) is 0 Å². The van der Waals surface area contributed by atoms with E-state index in [9.17, 15) is 61.0 Å². The first-order valence-corrected chi connectivity index (χ1v) is 46.1. The molecule has 17 unspecified atom stereocenters. The van der Waals surface area contributed by atoms with Gasteiger partial charge in [0.1, 0.15) is 73.2 Å². The SMILES string of the molecule is CCCCCCCCCCCCCCCCCCCCCCCCCCCC/C=C/CC/C=C/C(O)C(COC1OC(CO)C(OC2OC(CO)C(OC3OC(CO)C(O)C(O)C3O)C(O)C2O)C(O)C1O)NC(=O)CCCCCCCCCCCCCCCCCCCCCCCCCCCCCCCCCC. The number of aliphatic hydroxyl groups is 11. The average molecular weight is 1560 g/mol. The van der Waals surface area contributed by atoms with Gasteiger partial charge in [-0.05, 0) is 32.1 Å². The molecule has 1 amide bonds. The minimum Gasteiger partial charge on any atom is -0.394 e. The Bertz CT molecular complexity index is 2060. The fraction of sp³-hybridized carbons (Fsp3) is 0.944. The van der Waals surface area contributed by atoms with Gasteiger partial charge in [0.25, 0.3) is 0 Å². The van der Waals surface area contributed by atoms with Crippen LogP contribution < -0.4 is 5.32 Å². The monoisotopic (exact) mass is 1550 g/mol. The molecule has 644 valence electrons. The fourth-order valence-electron chi connectivity index (χ4n) is 15.9. The molecular formula is C90H171NO18. The van der Waals surface area contributed by atoms with Gasteiger partial charge in [0.15, 0.2) is 18.9 Å². The molecule has 3 aliphatic heterocycles. The van der Waals surface area contributed by atoms with Crippen LogP contribution in [0.4, 0.5) is 0 Å². The lowest BCUT2D eigenvalue weighted by molar-refractivity contribution is -0.379. The Morgan fingerprint density at radius 3 is 0.917 bits per heavy atom. The number of allylic oxidation sites excluding steroid dienone is 3. The van der Waals surface area contributed by atoms with Crippen molar-refractivity contribution in [2.45, 2.75) is 516 Å². The van der Waals surface area contributed by atoms with E-state index in [0.717, 1.165) is 38.5 Å². The number of aliphatic hydroxyl groups excluding tert-OH is 11. The van der Waals surface area contributed by atoms with Gasteiger partial charge in [-0.25, -0.2) is 0 Å². The number of carbonyl (C=O) groups excluding carboxylic acids is 1. The normalized spacial score (nSPS) is 25.3. The van der Waals surface area contributed by atoms with E-state index in [0.29, 0.717) is 12.8 Å². The van der Waals surface area contributed by atoms with E-state index in [1.807, 2.05) is 6.08 Å². The maximum Gasteiger partial charge on any atom is 0.220 e. The Morgan fingerprint density at radius 2 is 0.587 bits per heavy atom. The highest BCUT2D eigenvalue weighted by molar-refractivity contribution is 5.76. The van der Waals surface area contributed by atoms with Crippen LogP contribution in [0.5, 0.6) is 0 Å². The smallest absolute Gasteiger partial charge is 0.220 e. The van der Waals surface area contributed by atoms with Crippen molar-refractivity contribution in [3.05, 3.63) is 24.3 Å². The Hall–Kier alpha value is -1.73. The summed E-state index contributed by atoms with van der Waals surface area (Å²) in [5, 5.41) is 121. The van der Waals surface area contributed by atoms with E-state index in [2.05, 4.69) is 31.3 Å². The number of amides is 1. The van der Waals surface area contributed by atoms with Crippen LogP contribution in [0.2, 0.25) is 0 Å². The molecule has 0 aromatic rings. The molecule has 3 saturated heterocycles. The predicted octanol–water partition coefficient (Wildman–Crippen LogP) is 17.6. The first-order chi connectivity index (χ1) is 53.3. The van der Waals surface area contributed by atoms with Crippen LogP contribution in [0.1, 0.15) is 412 Å². The van der Waals surface area contributed by atoms with Crippen LogP contribution >= 0.6 is 0 Å². The van der Waals surface area contributed by atoms with Gasteiger partial charge >= 0.3 is 0 Å². The van der Waals surface area contributed by atoms with E-state index in [-0.39, 0.29) is 18.9 Å². The number of ether oxygens (including phenoxy) is 6. The molecule has 19 heteroatoms. The average Bonchev–Trinajstić information content (AvgIpc) is 0.782. The first-order valence-electron chi connectivity index (χ1n) is 46.1. The van der Waals surface area contributed by atoms with Crippen LogP contribution in [0.3, 0.4) is 0 Å². The third-order valence-corrected chi connectivity index (χ3v) is 23.3. The molecule has 0 aliphatic carbocycles. The largest absolute Gasteiger partial charge is 0.394 e. The maximum absolute atomic E-state index is 13.5. The number of nitrogens with one attached hydrogen (secondary N) is 1. The summed E-state index contributed by atoms with van der Waals surface area (Å²) in [7, 11) is 0. The summed E-state index contributed by atoms with van der Waals surface area (Å²) in [5.41, 5.74) is 0. The zero-order valence-corrected chi connectivity index (χ0v) is 69.6. The maximum atomic E-state index is 13.5. The molecule has 3 fully saturated rings. The lowest BCUT2D eigenvalue weighted by Gasteiger charge is -2.48. The van der Waals surface area contributed by atoms with Gasteiger partial charge in [-0.3, -0.25) is 4.79 Å². The second-order valence-electron chi connectivity index (χ2n) is 33.1. The number of hydrogen-bond donors (Lipinski definition) is 12. The van der Waals surface area contributed by atoms with Crippen molar-refractivity contribution in [2.24, 2.45) is 0 Å². The Balaban J connectivity index is 1.33. The van der Waals surface area contributed by atoms with E-state index in [1.54, 1.807) is 6.08 Å². The minimum atomic E-state index is -1.98. The zero-order valence-electron chi connectivity index (χ0n) is 69.6. The summed E-state index contributed by atoms with van der Waals surface area (Å²) in [6, 6.07) is -0.989. The van der Waals surface area contributed by atoms with Crippen molar-refractivity contribution in [3.63, 3.8) is 0 Å². The molecule has 0 radical (unpaired) electrons. The summed E-state index contributed by atoms with van der Waals surface area (Å²) in [5.74, 6) is -0.275. The topological polar surface area (TPSA) is 307 Å². The van der Waals surface area contributed by atoms with Crippen molar-refractivity contribution in [1.29, 1.82) is 0 Å². The van der Waals surface area contributed by atoms with Crippen LogP contribution in [-0.2, 0) is 33.2 Å². The molecule has 0 bridgehead atoms. The molecule has 3 heterocycles. The zero-order chi connectivity index (χ0) is 78.8. The number of hydrogen-bond acceptors (Lipinski definition) is 18. The second-order valence-corrected chi connectivity index (χ2v) is 33.1. The molecule has 0 aromatic carbocycles. The van der Waals surface area contributed by atoms with Crippen molar-refractivity contribution in [1.82, 2.24) is 5.32 Å². The molecule has 0 spiro atoms. The van der Waals surface area contributed by atoms with E-state index >= 15 is 0 Å². The summed E-state index contributed by atoms with van der Waals surface area (Å²) in [4.78, 5) is 13.5. The molecule has 3 aliphatic rings. The quantitative estimate of drug-likeness (QED) is 0.0199. The predicted molar refractivity (Wildman–Crippen MR) is 439 cm³/mol. The second kappa shape index (κ2) is 70.5. The Morgan fingerprint density at radius 1 is 0.321 bits per heavy atom. The molecular weight excluding hydrogens is 1380 g/mol. The molecule has 109 heavy (non-hydrogen) atoms. The van der Waals surface area contributed by atoms with Gasteiger partial charge in [-0.2, -0.15) is 0 Å². The van der Waals surface area contributed by atoms with Gasteiger partial charge < -0.3 is 89.9 Å². The number of rotatable bonds is 76. The van der Waals surface area contributed by atoms with Crippen molar-refractivity contribution in [3.8, 4) is 0 Å². The Labute approximate surface area is 664 Å². The molecule has 17 atom stereocenters. The number of carbonyl (C=O) groups is 1. The first kappa shape index (κ1) is 101. The lowest BCUT2D eigenvalue weighted by Crippen LogP contribution is -2.66. The van der Waals surface area contributed by atoms with E-state index in [1.165, 1.54) is 340 Å². The van der Waals surface area contributed by atoms with E-state index < -0.39 is 124 Å². The van der Waals surface area contributed by atoms with Gasteiger partial charge in [0, 0.05) is 6.42 Å². The summed E-state index contributed by atoms with van der Waals surface area (Å²) >= 11 is 0. The van der Waals surface area contributed by atoms with Gasteiger partial charge in [0.05, 0.1) is 38.6 Å². The molecule has 0 saturated carbocycles. The van der Waals surface area contributed by atoms with Gasteiger partial charge in [-0.1, -0.05) is 398 Å². The van der Waals surface area contributed by atoms with Crippen molar-refractivity contribution < 1.29 is 89.4 Å². The summed E-state index contributed by atoms with van der Waals surface area (Å²) in [6.45, 7) is 1.80. The van der Waals surface area contributed by atoms with Gasteiger partial charge in [0.2, 0.25) is 5.91 Å². The highest BCUT2D eigenvalue weighted by atomic mass is 16.8. The van der Waals surface area contributed by atoms with Crippen LogP contribution in [-0.4, -0.2) is 193 Å².